The first kappa shape index (κ1) is 17.1. The normalized spacial score (nSPS) is 20.4. The predicted octanol–water partition coefficient (Wildman–Crippen LogP) is 3.67. The molecular weight excluding hydrogens is 345 g/mol. The smallest absolute Gasteiger partial charge is 0.433 e. The Kier molecular flexibility index (Phi) is 4.42. The van der Waals surface area contributed by atoms with Gasteiger partial charge in [-0.25, -0.2) is 0 Å². The first-order valence-electron chi connectivity index (χ1n) is 8.73. The van der Waals surface area contributed by atoms with Crippen LogP contribution in [0.5, 0.6) is 5.88 Å². The minimum Gasteiger partial charge on any atom is -0.476 e. The van der Waals surface area contributed by atoms with Gasteiger partial charge in [-0.2, -0.15) is 18.3 Å². The number of pyridine rings is 1. The van der Waals surface area contributed by atoms with Gasteiger partial charge in [-0.15, -0.1) is 5.10 Å². The Balaban J connectivity index is 1.32. The van der Waals surface area contributed by atoms with Gasteiger partial charge in [-0.05, 0) is 37.5 Å². The second-order valence-electron chi connectivity index (χ2n) is 6.88. The number of rotatable bonds is 5. The highest BCUT2D eigenvalue weighted by Gasteiger charge is 2.33. The molecule has 1 saturated heterocycles. The zero-order valence-electron chi connectivity index (χ0n) is 14.1. The van der Waals surface area contributed by atoms with Gasteiger partial charge in [0.15, 0.2) is 0 Å². The van der Waals surface area contributed by atoms with E-state index in [1.165, 1.54) is 19.0 Å². The molecule has 5 nitrogen and oxygen atoms in total. The molecule has 26 heavy (non-hydrogen) atoms. The van der Waals surface area contributed by atoms with Crippen molar-refractivity contribution < 1.29 is 17.9 Å². The molecule has 2 aromatic heterocycles. The molecule has 0 bridgehead atoms. The summed E-state index contributed by atoms with van der Waals surface area (Å²) in [5.41, 5.74) is 0.701. The van der Waals surface area contributed by atoms with E-state index >= 15 is 0 Å². The number of anilines is 1. The molecular formula is C18H19F3N4O. The number of ether oxygens (including phenoxy) is 1. The lowest BCUT2D eigenvalue weighted by atomic mass is 10.1. The molecule has 138 valence electrons. The third-order valence-electron chi connectivity index (χ3n) is 4.81. The Morgan fingerprint density at radius 3 is 2.65 bits per heavy atom. The van der Waals surface area contributed by atoms with Crippen LogP contribution in [-0.4, -0.2) is 34.9 Å². The van der Waals surface area contributed by atoms with Crippen LogP contribution < -0.4 is 9.64 Å². The Morgan fingerprint density at radius 1 is 1.12 bits per heavy atom. The van der Waals surface area contributed by atoms with E-state index in [0.717, 1.165) is 18.2 Å². The number of hydrogen-bond donors (Lipinski definition) is 0. The molecule has 2 fully saturated rings. The minimum atomic E-state index is -4.43. The molecule has 1 saturated carbocycles. The minimum absolute atomic E-state index is 0.238. The van der Waals surface area contributed by atoms with Gasteiger partial charge >= 0.3 is 6.18 Å². The summed E-state index contributed by atoms with van der Waals surface area (Å²) in [6.07, 6.45) is -0.00446. The van der Waals surface area contributed by atoms with E-state index in [1.807, 2.05) is 17.0 Å². The fourth-order valence-corrected chi connectivity index (χ4v) is 3.18. The van der Waals surface area contributed by atoms with Gasteiger partial charge in [0, 0.05) is 42.9 Å². The Morgan fingerprint density at radius 2 is 1.96 bits per heavy atom. The quantitative estimate of drug-likeness (QED) is 0.810. The summed E-state index contributed by atoms with van der Waals surface area (Å²) < 4.78 is 44.1. The van der Waals surface area contributed by atoms with Crippen LogP contribution in [0, 0.1) is 5.92 Å². The van der Waals surface area contributed by atoms with E-state index in [4.69, 9.17) is 4.74 Å². The first-order chi connectivity index (χ1) is 12.5. The van der Waals surface area contributed by atoms with Gasteiger partial charge in [0.25, 0.3) is 0 Å². The fraction of sp³-hybridized carbons (Fsp3) is 0.500. The van der Waals surface area contributed by atoms with Crippen molar-refractivity contribution >= 4 is 5.69 Å². The van der Waals surface area contributed by atoms with Crippen LogP contribution in [0.1, 0.15) is 36.6 Å². The number of aromatic nitrogens is 3. The van der Waals surface area contributed by atoms with Crippen molar-refractivity contribution in [3.63, 3.8) is 0 Å². The second-order valence-corrected chi connectivity index (χ2v) is 6.88. The molecule has 1 aliphatic carbocycles. The van der Waals surface area contributed by atoms with E-state index in [2.05, 4.69) is 15.2 Å². The highest BCUT2D eigenvalue weighted by molar-refractivity contribution is 5.48. The molecule has 4 rings (SSSR count). The Hall–Kier alpha value is -2.38. The zero-order chi connectivity index (χ0) is 18.1. The Labute approximate surface area is 149 Å². The number of halogens is 3. The summed E-state index contributed by atoms with van der Waals surface area (Å²) >= 11 is 0. The molecule has 1 atom stereocenters. The van der Waals surface area contributed by atoms with Crippen molar-refractivity contribution in [3.05, 3.63) is 41.9 Å². The average Bonchev–Trinajstić information content (AvgIpc) is 3.38. The van der Waals surface area contributed by atoms with Gasteiger partial charge in [-0.1, -0.05) is 0 Å². The predicted molar refractivity (Wildman–Crippen MR) is 89.1 cm³/mol. The van der Waals surface area contributed by atoms with Gasteiger partial charge in [0.05, 0.1) is 12.3 Å². The van der Waals surface area contributed by atoms with E-state index in [9.17, 15) is 13.2 Å². The van der Waals surface area contributed by atoms with Crippen LogP contribution in [0.15, 0.2) is 30.5 Å². The highest BCUT2D eigenvalue weighted by atomic mass is 19.4. The molecule has 0 aromatic carbocycles. The van der Waals surface area contributed by atoms with Gasteiger partial charge < -0.3 is 9.64 Å². The molecule has 2 aliphatic rings. The lowest BCUT2D eigenvalue weighted by molar-refractivity contribution is -0.141. The van der Waals surface area contributed by atoms with E-state index in [-0.39, 0.29) is 5.92 Å². The molecule has 3 heterocycles. The number of alkyl halides is 3. The topological polar surface area (TPSA) is 51.1 Å². The zero-order valence-corrected chi connectivity index (χ0v) is 14.1. The van der Waals surface area contributed by atoms with E-state index < -0.39 is 11.9 Å². The van der Waals surface area contributed by atoms with Gasteiger partial charge in [-0.3, -0.25) is 4.98 Å². The largest absolute Gasteiger partial charge is 0.476 e. The van der Waals surface area contributed by atoms with Crippen molar-refractivity contribution in [2.45, 2.75) is 31.4 Å². The maximum atomic E-state index is 12.8. The maximum Gasteiger partial charge on any atom is 0.433 e. The average molecular weight is 364 g/mol. The van der Waals surface area contributed by atoms with Crippen LogP contribution in [0.4, 0.5) is 18.9 Å². The molecule has 8 heteroatoms. The standard InChI is InChI=1S/C18H19F3N4O/c19-18(20,21)16-9-14(5-7-22-16)25-8-6-12(10-25)11-26-17-4-3-15(23-24-17)13-1-2-13/h3-5,7,9,12-13H,1-2,6,8,10-11H2. The van der Waals surface area contributed by atoms with Crippen molar-refractivity contribution in [2.24, 2.45) is 5.92 Å². The van der Waals surface area contributed by atoms with Gasteiger partial charge in [0.1, 0.15) is 5.69 Å². The van der Waals surface area contributed by atoms with Crippen LogP contribution in [0.3, 0.4) is 0 Å². The summed E-state index contributed by atoms with van der Waals surface area (Å²) in [6, 6.07) is 6.51. The van der Waals surface area contributed by atoms with Crippen molar-refractivity contribution in [2.75, 3.05) is 24.6 Å². The molecule has 1 unspecified atom stereocenters. The van der Waals surface area contributed by atoms with Gasteiger partial charge in [0.2, 0.25) is 5.88 Å². The third-order valence-corrected chi connectivity index (χ3v) is 4.81. The van der Waals surface area contributed by atoms with Crippen molar-refractivity contribution in [3.8, 4) is 5.88 Å². The summed E-state index contributed by atoms with van der Waals surface area (Å²) in [6.45, 7) is 1.82. The van der Waals surface area contributed by atoms with Crippen molar-refractivity contribution in [1.82, 2.24) is 15.2 Å². The molecule has 0 spiro atoms. The van der Waals surface area contributed by atoms with Crippen LogP contribution in [0.2, 0.25) is 0 Å². The SMILES string of the molecule is FC(F)(F)c1cc(N2CCC(COc3ccc(C4CC4)nn3)C2)ccn1. The monoisotopic (exact) mass is 364 g/mol. The highest BCUT2D eigenvalue weighted by Crippen LogP contribution is 2.38. The summed E-state index contributed by atoms with van der Waals surface area (Å²) in [5, 5.41) is 8.28. The fourth-order valence-electron chi connectivity index (χ4n) is 3.18. The molecule has 0 amide bonds. The molecule has 0 radical (unpaired) electrons. The molecule has 2 aromatic rings. The Bertz CT molecular complexity index is 762. The summed E-state index contributed by atoms with van der Waals surface area (Å²) in [4.78, 5) is 5.35. The lowest BCUT2D eigenvalue weighted by Crippen LogP contribution is -2.22. The maximum absolute atomic E-state index is 12.8. The lowest BCUT2D eigenvalue weighted by Gasteiger charge is -2.19. The molecule has 1 aliphatic heterocycles. The first-order valence-corrected chi connectivity index (χ1v) is 8.73. The molecule has 0 N–H and O–H groups in total. The third kappa shape index (κ3) is 3.89. The van der Waals surface area contributed by atoms with E-state index in [0.29, 0.717) is 37.2 Å². The summed E-state index contributed by atoms with van der Waals surface area (Å²) in [7, 11) is 0. The van der Waals surface area contributed by atoms with E-state index in [1.54, 1.807) is 6.07 Å². The van der Waals surface area contributed by atoms with Crippen LogP contribution >= 0.6 is 0 Å². The number of hydrogen-bond acceptors (Lipinski definition) is 5. The summed E-state index contributed by atoms with van der Waals surface area (Å²) in [5.74, 6) is 1.29. The number of nitrogens with zero attached hydrogens (tertiary/aromatic N) is 4. The second kappa shape index (κ2) is 6.74. The van der Waals surface area contributed by atoms with Crippen molar-refractivity contribution in [1.29, 1.82) is 0 Å². The van der Waals surface area contributed by atoms with Crippen LogP contribution in [0.25, 0.3) is 0 Å². The van der Waals surface area contributed by atoms with Crippen LogP contribution in [-0.2, 0) is 6.18 Å².